The first kappa shape index (κ1) is 15.2. The molecule has 0 saturated carbocycles. The quantitative estimate of drug-likeness (QED) is 0.884. The topological polar surface area (TPSA) is 56.0 Å². The van der Waals surface area contributed by atoms with Crippen LogP contribution in [0.5, 0.6) is 0 Å². The van der Waals surface area contributed by atoms with Crippen molar-refractivity contribution in [3.63, 3.8) is 0 Å². The predicted molar refractivity (Wildman–Crippen MR) is 83.7 cm³/mol. The van der Waals surface area contributed by atoms with Gasteiger partial charge in [0.25, 0.3) is 0 Å². The molecule has 0 aromatic heterocycles. The molecule has 108 valence electrons. The Labute approximate surface area is 125 Å². The lowest BCUT2D eigenvalue weighted by molar-refractivity contribution is 0.170. The second kappa shape index (κ2) is 7.03. The van der Waals surface area contributed by atoms with Crippen molar-refractivity contribution in [3.8, 4) is 6.07 Å². The Bertz CT molecular complexity index is 646. The molecule has 2 atom stereocenters. The fourth-order valence-electron chi connectivity index (χ4n) is 2.28. The lowest BCUT2D eigenvalue weighted by atomic mass is 10.0. The lowest BCUT2D eigenvalue weighted by Gasteiger charge is -2.18. The van der Waals surface area contributed by atoms with E-state index in [1.165, 1.54) is 0 Å². The molecule has 21 heavy (non-hydrogen) atoms. The van der Waals surface area contributed by atoms with Crippen LogP contribution >= 0.6 is 0 Å². The van der Waals surface area contributed by atoms with Crippen molar-refractivity contribution in [2.75, 3.05) is 6.54 Å². The van der Waals surface area contributed by atoms with Crippen molar-refractivity contribution in [2.24, 2.45) is 0 Å². The molecule has 0 aliphatic carbocycles. The van der Waals surface area contributed by atoms with Crippen LogP contribution in [-0.2, 0) is 0 Å². The van der Waals surface area contributed by atoms with Gasteiger partial charge in [0.1, 0.15) is 0 Å². The van der Waals surface area contributed by atoms with Gasteiger partial charge in [-0.25, -0.2) is 0 Å². The summed E-state index contributed by atoms with van der Waals surface area (Å²) in [4.78, 5) is 0. The van der Waals surface area contributed by atoms with Crippen LogP contribution in [0.3, 0.4) is 0 Å². The minimum absolute atomic E-state index is 0.0813. The van der Waals surface area contributed by atoms with Crippen LogP contribution in [0, 0.1) is 18.3 Å². The molecule has 0 aliphatic rings. The highest BCUT2D eigenvalue weighted by Crippen LogP contribution is 2.17. The third-order valence-corrected chi connectivity index (χ3v) is 3.56. The second-order valence-electron chi connectivity index (χ2n) is 5.30. The minimum Gasteiger partial charge on any atom is -0.387 e. The van der Waals surface area contributed by atoms with Crippen LogP contribution in [0.25, 0.3) is 0 Å². The molecule has 0 fully saturated rings. The largest absolute Gasteiger partial charge is 0.387 e. The normalized spacial score (nSPS) is 13.4. The molecule has 0 saturated heterocycles. The first-order valence-electron chi connectivity index (χ1n) is 7.08. The maximum absolute atomic E-state index is 10.2. The number of nitrogens with one attached hydrogen (secondary N) is 1. The number of benzene rings is 2. The highest BCUT2D eigenvalue weighted by Gasteiger charge is 2.11. The monoisotopic (exact) mass is 280 g/mol. The Morgan fingerprint density at radius 2 is 1.86 bits per heavy atom. The van der Waals surface area contributed by atoms with E-state index in [4.69, 9.17) is 5.26 Å². The van der Waals surface area contributed by atoms with E-state index in [1.54, 1.807) is 6.07 Å². The Hall–Kier alpha value is -2.15. The van der Waals surface area contributed by atoms with Crippen LogP contribution in [0.15, 0.2) is 48.5 Å². The summed E-state index contributed by atoms with van der Waals surface area (Å²) in [5.41, 5.74) is 3.76. The van der Waals surface area contributed by atoms with E-state index in [9.17, 15) is 5.11 Å². The Morgan fingerprint density at radius 3 is 2.57 bits per heavy atom. The van der Waals surface area contributed by atoms with Gasteiger partial charge in [-0.3, -0.25) is 0 Å². The van der Waals surface area contributed by atoms with Crippen LogP contribution in [0.1, 0.15) is 41.3 Å². The van der Waals surface area contributed by atoms with E-state index < -0.39 is 6.10 Å². The van der Waals surface area contributed by atoms with Gasteiger partial charge in [0.05, 0.1) is 17.7 Å². The van der Waals surface area contributed by atoms with E-state index in [-0.39, 0.29) is 6.04 Å². The average Bonchev–Trinajstić information content (AvgIpc) is 2.52. The molecule has 3 heteroatoms. The van der Waals surface area contributed by atoms with Crippen molar-refractivity contribution in [3.05, 3.63) is 70.8 Å². The van der Waals surface area contributed by atoms with Gasteiger partial charge in [-0.1, -0.05) is 42.0 Å². The zero-order valence-corrected chi connectivity index (χ0v) is 12.4. The van der Waals surface area contributed by atoms with E-state index in [2.05, 4.69) is 11.4 Å². The summed E-state index contributed by atoms with van der Waals surface area (Å²) in [5.74, 6) is 0. The molecule has 2 rings (SSSR count). The summed E-state index contributed by atoms with van der Waals surface area (Å²) in [6.45, 7) is 4.51. The molecule has 2 unspecified atom stereocenters. The minimum atomic E-state index is -0.536. The molecule has 0 amide bonds. The molecule has 2 N–H and O–H groups in total. The van der Waals surface area contributed by atoms with Gasteiger partial charge in [0, 0.05) is 12.6 Å². The number of rotatable bonds is 5. The van der Waals surface area contributed by atoms with Crippen molar-refractivity contribution >= 4 is 0 Å². The summed E-state index contributed by atoms with van der Waals surface area (Å²) in [7, 11) is 0. The smallest absolute Gasteiger partial charge is 0.0991 e. The summed E-state index contributed by atoms with van der Waals surface area (Å²) in [6, 6.07) is 17.6. The van der Waals surface area contributed by atoms with Gasteiger partial charge in [0.2, 0.25) is 0 Å². The predicted octanol–water partition coefficient (Wildman–Crippen LogP) is 3.25. The maximum atomic E-state index is 10.2. The molecule has 0 aliphatic heterocycles. The van der Waals surface area contributed by atoms with Gasteiger partial charge >= 0.3 is 0 Å². The van der Waals surface area contributed by atoms with Gasteiger partial charge in [-0.15, -0.1) is 0 Å². The van der Waals surface area contributed by atoms with Gasteiger partial charge in [-0.2, -0.15) is 5.26 Å². The first-order chi connectivity index (χ1) is 10.1. The number of aliphatic hydroxyl groups is 1. The maximum Gasteiger partial charge on any atom is 0.0991 e. The van der Waals surface area contributed by atoms with Crippen LogP contribution < -0.4 is 5.32 Å². The van der Waals surface area contributed by atoms with Crippen LogP contribution in [-0.4, -0.2) is 11.7 Å². The van der Waals surface area contributed by atoms with Crippen LogP contribution in [0.4, 0.5) is 0 Å². The SMILES string of the molecule is Cc1cccc(C(O)CNC(C)c2cccc(C#N)c2)c1. The number of nitrogens with zero attached hydrogens (tertiary/aromatic N) is 1. The van der Waals surface area contributed by atoms with Crippen molar-refractivity contribution < 1.29 is 5.11 Å². The second-order valence-corrected chi connectivity index (χ2v) is 5.30. The average molecular weight is 280 g/mol. The number of hydrogen-bond donors (Lipinski definition) is 2. The number of aryl methyl sites for hydroxylation is 1. The fourth-order valence-corrected chi connectivity index (χ4v) is 2.28. The van der Waals surface area contributed by atoms with E-state index in [1.807, 2.05) is 56.3 Å². The highest BCUT2D eigenvalue weighted by molar-refractivity contribution is 5.34. The molecular weight excluding hydrogens is 260 g/mol. The molecule has 0 heterocycles. The molecule has 2 aromatic rings. The molecular formula is C18H20N2O. The molecule has 3 nitrogen and oxygen atoms in total. The Morgan fingerprint density at radius 1 is 1.14 bits per heavy atom. The van der Waals surface area contributed by atoms with Gasteiger partial charge in [-0.05, 0) is 37.1 Å². The van der Waals surface area contributed by atoms with Crippen LogP contribution in [0.2, 0.25) is 0 Å². The van der Waals surface area contributed by atoms with Gasteiger partial charge < -0.3 is 10.4 Å². The van der Waals surface area contributed by atoms with E-state index in [0.29, 0.717) is 12.1 Å². The number of aliphatic hydroxyl groups excluding tert-OH is 1. The van der Waals surface area contributed by atoms with Crippen molar-refractivity contribution in [1.29, 1.82) is 5.26 Å². The zero-order valence-electron chi connectivity index (χ0n) is 12.4. The first-order valence-corrected chi connectivity index (χ1v) is 7.08. The molecule has 0 bridgehead atoms. The van der Waals surface area contributed by atoms with Crippen molar-refractivity contribution in [1.82, 2.24) is 5.32 Å². The zero-order chi connectivity index (χ0) is 15.2. The summed E-state index contributed by atoms with van der Waals surface area (Å²) in [6.07, 6.45) is -0.536. The molecule has 0 spiro atoms. The number of nitriles is 1. The summed E-state index contributed by atoms with van der Waals surface area (Å²) >= 11 is 0. The lowest BCUT2D eigenvalue weighted by Crippen LogP contribution is -2.24. The van der Waals surface area contributed by atoms with E-state index >= 15 is 0 Å². The number of hydrogen-bond acceptors (Lipinski definition) is 3. The Balaban J connectivity index is 1.97. The fraction of sp³-hybridized carbons (Fsp3) is 0.278. The summed E-state index contributed by atoms with van der Waals surface area (Å²) in [5, 5.41) is 22.5. The Kier molecular flexibility index (Phi) is 5.10. The summed E-state index contributed by atoms with van der Waals surface area (Å²) < 4.78 is 0. The van der Waals surface area contributed by atoms with Crippen molar-refractivity contribution in [2.45, 2.75) is 26.0 Å². The van der Waals surface area contributed by atoms with Gasteiger partial charge in [0.15, 0.2) is 0 Å². The van der Waals surface area contributed by atoms with E-state index in [0.717, 1.165) is 16.7 Å². The molecule has 2 aromatic carbocycles. The molecule has 0 radical (unpaired) electrons. The standard InChI is InChI=1S/C18H20N2O/c1-13-5-3-8-17(9-13)18(21)12-20-14(2)16-7-4-6-15(10-16)11-19/h3-10,14,18,20-21H,12H2,1-2H3. The third-order valence-electron chi connectivity index (χ3n) is 3.56. The third kappa shape index (κ3) is 4.16. The highest BCUT2D eigenvalue weighted by atomic mass is 16.3.